The Kier molecular flexibility index (Phi) is 1.96. The Labute approximate surface area is 81.1 Å². The number of Topliss-reactive ketones (excluding diaryl/α,β-unsaturated/α-hetero) is 1. The Hall–Kier alpha value is -1.84. The zero-order valence-corrected chi connectivity index (χ0v) is 7.69. The van der Waals surface area contributed by atoms with Crippen molar-refractivity contribution in [3.05, 3.63) is 29.8 Å². The van der Waals surface area contributed by atoms with Crippen LogP contribution in [0.5, 0.6) is 0 Å². The van der Waals surface area contributed by atoms with E-state index < -0.39 is 6.09 Å². The topological polar surface area (TPSA) is 46.6 Å². The number of anilines is 1. The number of carbonyl (C=O) groups is 2. The highest BCUT2D eigenvalue weighted by Gasteiger charge is 2.30. The lowest BCUT2D eigenvalue weighted by molar-refractivity contribution is 0.101. The Balaban J connectivity index is 2.44. The molecule has 1 aliphatic heterocycles. The minimum Gasteiger partial charge on any atom is -0.452 e. The van der Waals surface area contributed by atoms with Gasteiger partial charge in [0.2, 0.25) is 0 Å². The van der Waals surface area contributed by atoms with Crippen molar-refractivity contribution in [3.63, 3.8) is 0 Å². The average molecular weight is 191 g/mol. The highest BCUT2D eigenvalue weighted by atomic mass is 16.5. The number of ketones is 1. The maximum atomic E-state index is 11.4. The van der Waals surface area contributed by atoms with Crippen LogP contribution in [0.1, 0.15) is 10.4 Å². The molecule has 0 spiro atoms. The molecule has 1 aliphatic rings. The van der Waals surface area contributed by atoms with E-state index in [2.05, 4.69) is 4.74 Å². The summed E-state index contributed by atoms with van der Waals surface area (Å²) in [7, 11) is 1.30. The number of amides is 1. The van der Waals surface area contributed by atoms with E-state index in [9.17, 15) is 9.59 Å². The predicted octanol–water partition coefficient (Wildman–Crippen LogP) is 1.46. The van der Waals surface area contributed by atoms with E-state index in [4.69, 9.17) is 0 Å². The Morgan fingerprint density at radius 2 is 2.14 bits per heavy atom. The first-order valence-electron chi connectivity index (χ1n) is 4.21. The molecular formula is C10H9NO3. The highest BCUT2D eigenvalue weighted by molar-refractivity contribution is 6.14. The quantitative estimate of drug-likeness (QED) is 0.623. The third-order valence-corrected chi connectivity index (χ3v) is 2.19. The van der Waals surface area contributed by atoms with Crippen molar-refractivity contribution in [1.82, 2.24) is 0 Å². The molecule has 0 radical (unpaired) electrons. The van der Waals surface area contributed by atoms with E-state index in [0.29, 0.717) is 11.3 Å². The summed E-state index contributed by atoms with van der Waals surface area (Å²) >= 11 is 0. The molecular weight excluding hydrogens is 182 g/mol. The SMILES string of the molecule is COC(=O)N1CC(=O)c2ccccc21. The van der Waals surface area contributed by atoms with E-state index in [1.165, 1.54) is 12.0 Å². The molecule has 0 fully saturated rings. The molecule has 0 aromatic heterocycles. The fraction of sp³-hybridized carbons (Fsp3) is 0.200. The maximum Gasteiger partial charge on any atom is 0.414 e. The van der Waals surface area contributed by atoms with Gasteiger partial charge in [-0.3, -0.25) is 9.69 Å². The van der Waals surface area contributed by atoms with Crippen molar-refractivity contribution in [2.75, 3.05) is 18.6 Å². The molecule has 1 aromatic carbocycles. The number of nitrogens with zero attached hydrogens (tertiary/aromatic N) is 1. The highest BCUT2D eigenvalue weighted by Crippen LogP contribution is 2.27. The molecule has 72 valence electrons. The molecule has 0 saturated heterocycles. The summed E-state index contributed by atoms with van der Waals surface area (Å²) in [6.07, 6.45) is -0.497. The number of carbonyl (C=O) groups excluding carboxylic acids is 2. The summed E-state index contributed by atoms with van der Waals surface area (Å²) in [5.74, 6) is -0.0500. The second-order valence-electron chi connectivity index (χ2n) is 3.00. The number of methoxy groups -OCH3 is 1. The van der Waals surface area contributed by atoms with Gasteiger partial charge in [0, 0.05) is 5.56 Å². The van der Waals surface area contributed by atoms with Crippen molar-refractivity contribution >= 4 is 17.6 Å². The van der Waals surface area contributed by atoms with Crippen LogP contribution in [0.25, 0.3) is 0 Å². The van der Waals surface area contributed by atoms with E-state index in [0.717, 1.165) is 0 Å². The summed E-state index contributed by atoms with van der Waals surface area (Å²) < 4.78 is 4.57. The van der Waals surface area contributed by atoms with Crippen LogP contribution in [0.2, 0.25) is 0 Å². The molecule has 0 unspecified atom stereocenters. The molecule has 14 heavy (non-hydrogen) atoms. The predicted molar refractivity (Wildman–Crippen MR) is 50.5 cm³/mol. The summed E-state index contributed by atoms with van der Waals surface area (Å²) in [6, 6.07) is 7.00. The summed E-state index contributed by atoms with van der Waals surface area (Å²) in [4.78, 5) is 24.1. The number of benzene rings is 1. The molecule has 0 bridgehead atoms. The lowest BCUT2D eigenvalue weighted by Gasteiger charge is -2.13. The number of hydrogen-bond donors (Lipinski definition) is 0. The molecule has 1 aromatic rings. The summed E-state index contributed by atoms with van der Waals surface area (Å²) in [5.41, 5.74) is 1.21. The minimum absolute atomic E-state index is 0.0500. The second kappa shape index (κ2) is 3.14. The molecule has 2 rings (SSSR count). The Morgan fingerprint density at radius 1 is 1.43 bits per heavy atom. The second-order valence-corrected chi connectivity index (χ2v) is 3.00. The number of ether oxygens (including phenoxy) is 1. The van der Waals surface area contributed by atoms with Crippen LogP contribution in [-0.4, -0.2) is 25.5 Å². The van der Waals surface area contributed by atoms with Crippen LogP contribution >= 0.6 is 0 Å². The molecule has 1 amide bonds. The number of fused-ring (bicyclic) bond motifs is 1. The van der Waals surface area contributed by atoms with E-state index in [-0.39, 0.29) is 12.3 Å². The molecule has 1 heterocycles. The van der Waals surface area contributed by atoms with E-state index in [1.54, 1.807) is 24.3 Å². The fourth-order valence-electron chi connectivity index (χ4n) is 1.53. The third-order valence-electron chi connectivity index (χ3n) is 2.19. The van der Waals surface area contributed by atoms with Crippen LogP contribution in [-0.2, 0) is 4.74 Å². The smallest absolute Gasteiger partial charge is 0.414 e. The van der Waals surface area contributed by atoms with Gasteiger partial charge in [-0.25, -0.2) is 4.79 Å². The minimum atomic E-state index is -0.497. The lowest BCUT2D eigenvalue weighted by Crippen LogP contribution is -2.29. The summed E-state index contributed by atoms with van der Waals surface area (Å²) in [5, 5.41) is 0. The van der Waals surface area contributed by atoms with Crippen LogP contribution in [0.4, 0.5) is 10.5 Å². The molecule has 4 nitrogen and oxygen atoms in total. The van der Waals surface area contributed by atoms with Crippen molar-refractivity contribution in [2.24, 2.45) is 0 Å². The first-order chi connectivity index (χ1) is 6.74. The van der Waals surface area contributed by atoms with Crippen molar-refractivity contribution in [2.45, 2.75) is 0 Å². The molecule has 0 N–H and O–H groups in total. The third kappa shape index (κ3) is 1.16. The van der Waals surface area contributed by atoms with Gasteiger partial charge in [-0.05, 0) is 12.1 Å². The normalized spacial score (nSPS) is 14.1. The van der Waals surface area contributed by atoms with Crippen molar-refractivity contribution < 1.29 is 14.3 Å². The summed E-state index contributed by atoms with van der Waals surface area (Å²) in [6.45, 7) is 0.0754. The van der Waals surface area contributed by atoms with E-state index >= 15 is 0 Å². The lowest BCUT2D eigenvalue weighted by atomic mass is 10.1. The van der Waals surface area contributed by atoms with Crippen LogP contribution in [0.15, 0.2) is 24.3 Å². The first kappa shape index (κ1) is 8.74. The van der Waals surface area contributed by atoms with Gasteiger partial charge in [0.25, 0.3) is 0 Å². The van der Waals surface area contributed by atoms with E-state index in [1.807, 2.05) is 0 Å². The number of hydrogen-bond acceptors (Lipinski definition) is 3. The van der Waals surface area contributed by atoms with Gasteiger partial charge >= 0.3 is 6.09 Å². The maximum absolute atomic E-state index is 11.4. The van der Waals surface area contributed by atoms with Gasteiger partial charge in [-0.1, -0.05) is 12.1 Å². The fourth-order valence-corrected chi connectivity index (χ4v) is 1.53. The first-order valence-corrected chi connectivity index (χ1v) is 4.21. The zero-order valence-electron chi connectivity index (χ0n) is 7.69. The molecule has 4 heteroatoms. The van der Waals surface area contributed by atoms with Gasteiger partial charge in [-0.2, -0.15) is 0 Å². The van der Waals surface area contributed by atoms with Crippen LogP contribution in [0.3, 0.4) is 0 Å². The van der Waals surface area contributed by atoms with Gasteiger partial charge in [0.1, 0.15) is 0 Å². The molecule has 0 aliphatic carbocycles. The molecule has 0 saturated carbocycles. The van der Waals surface area contributed by atoms with Crippen LogP contribution < -0.4 is 4.90 Å². The number of rotatable bonds is 0. The van der Waals surface area contributed by atoms with Gasteiger partial charge < -0.3 is 4.74 Å². The molecule has 0 atom stereocenters. The van der Waals surface area contributed by atoms with Crippen molar-refractivity contribution in [3.8, 4) is 0 Å². The van der Waals surface area contributed by atoms with Crippen molar-refractivity contribution in [1.29, 1.82) is 0 Å². The Morgan fingerprint density at radius 3 is 2.86 bits per heavy atom. The average Bonchev–Trinajstić information content (AvgIpc) is 2.56. The zero-order chi connectivity index (χ0) is 10.1. The van der Waals surface area contributed by atoms with Gasteiger partial charge in [-0.15, -0.1) is 0 Å². The monoisotopic (exact) mass is 191 g/mol. The van der Waals surface area contributed by atoms with Gasteiger partial charge in [0.05, 0.1) is 19.3 Å². The van der Waals surface area contributed by atoms with Crippen LogP contribution in [0, 0.1) is 0 Å². The largest absolute Gasteiger partial charge is 0.452 e. The standard InChI is InChI=1S/C10H9NO3/c1-14-10(13)11-6-9(12)7-4-2-3-5-8(7)11/h2-5H,6H2,1H3. The van der Waals surface area contributed by atoms with Gasteiger partial charge in [0.15, 0.2) is 5.78 Å². The number of para-hydroxylation sites is 1. The Bertz CT molecular complexity index is 400.